The number of carbonyl (C=O) groups excluding carboxylic acids is 1. The summed E-state index contributed by atoms with van der Waals surface area (Å²) in [5.74, 6) is 2.26. The number of benzene rings is 1. The first kappa shape index (κ1) is 21.2. The summed E-state index contributed by atoms with van der Waals surface area (Å²) in [5.41, 5.74) is 2.63. The maximum absolute atomic E-state index is 12.9. The van der Waals surface area contributed by atoms with Crippen LogP contribution in [-0.2, 0) is 24.2 Å². The van der Waals surface area contributed by atoms with Gasteiger partial charge in [-0.1, -0.05) is 17.8 Å². The Balaban J connectivity index is 1.05. The van der Waals surface area contributed by atoms with E-state index in [1.54, 1.807) is 29.4 Å². The van der Waals surface area contributed by atoms with Gasteiger partial charge in [-0.3, -0.25) is 9.69 Å². The number of hydrogen-bond donors (Lipinski definition) is 0. The van der Waals surface area contributed by atoms with Gasteiger partial charge in [0.1, 0.15) is 16.2 Å². The average molecular weight is 483 g/mol. The van der Waals surface area contributed by atoms with Gasteiger partial charge in [-0.05, 0) is 48.9 Å². The molecule has 2 aromatic heterocycles. The smallest absolute Gasteiger partial charge is 0.233 e. The molecule has 7 nitrogen and oxygen atoms in total. The standard InChI is InChI=1S/C24H26N4O3S2/c29-21(13-32-23-22-17-3-1-2-4-20(17)33-24(22)26-14-25-23)28-9-7-27(8-10-28)12-16-5-6-18-19(11-16)31-15-30-18/h5-6,11,14H,1-4,7-10,12-13,15H2. The molecule has 1 fully saturated rings. The van der Waals surface area contributed by atoms with Gasteiger partial charge in [0, 0.05) is 43.0 Å². The third-order valence-corrected chi connectivity index (χ3v) is 8.79. The first-order valence-corrected chi connectivity index (χ1v) is 13.3. The molecule has 172 valence electrons. The van der Waals surface area contributed by atoms with E-state index in [1.807, 2.05) is 11.0 Å². The number of aromatic nitrogens is 2. The first-order chi connectivity index (χ1) is 16.2. The molecule has 0 atom stereocenters. The largest absolute Gasteiger partial charge is 0.454 e. The molecule has 0 spiro atoms. The molecule has 4 heterocycles. The lowest BCUT2D eigenvalue weighted by atomic mass is 9.97. The van der Waals surface area contributed by atoms with Gasteiger partial charge in [0.25, 0.3) is 0 Å². The zero-order chi connectivity index (χ0) is 22.2. The van der Waals surface area contributed by atoms with Crippen molar-refractivity contribution in [2.45, 2.75) is 37.3 Å². The second kappa shape index (κ2) is 9.12. The van der Waals surface area contributed by atoms with E-state index in [0.717, 1.165) is 66.9 Å². The Morgan fingerprint density at radius 1 is 1.06 bits per heavy atom. The summed E-state index contributed by atoms with van der Waals surface area (Å²) in [5, 5.41) is 2.16. The Labute approximate surface area is 201 Å². The summed E-state index contributed by atoms with van der Waals surface area (Å²) in [7, 11) is 0. The van der Waals surface area contributed by atoms with Crippen LogP contribution in [0.4, 0.5) is 0 Å². The van der Waals surface area contributed by atoms with Crippen molar-refractivity contribution in [2.75, 3.05) is 38.7 Å². The number of fused-ring (bicyclic) bond motifs is 4. The molecule has 1 aliphatic carbocycles. The Morgan fingerprint density at radius 3 is 2.82 bits per heavy atom. The number of thioether (sulfide) groups is 1. The summed E-state index contributed by atoms with van der Waals surface area (Å²) < 4.78 is 10.9. The van der Waals surface area contributed by atoms with Crippen LogP contribution in [0.3, 0.4) is 0 Å². The molecule has 0 radical (unpaired) electrons. The van der Waals surface area contributed by atoms with Crippen LogP contribution in [0.15, 0.2) is 29.6 Å². The van der Waals surface area contributed by atoms with Gasteiger partial charge >= 0.3 is 0 Å². The molecule has 1 saturated heterocycles. The van der Waals surface area contributed by atoms with E-state index in [9.17, 15) is 4.79 Å². The Bertz CT molecular complexity index is 1190. The van der Waals surface area contributed by atoms with Crippen LogP contribution in [0, 0.1) is 0 Å². The van der Waals surface area contributed by atoms with Crippen molar-refractivity contribution >= 4 is 39.2 Å². The summed E-state index contributed by atoms with van der Waals surface area (Å²) in [6.45, 7) is 4.43. The molecule has 33 heavy (non-hydrogen) atoms. The summed E-state index contributed by atoms with van der Waals surface area (Å²) in [6.07, 6.45) is 6.39. The van der Waals surface area contributed by atoms with Gasteiger partial charge in [-0.15, -0.1) is 11.3 Å². The number of ether oxygens (including phenoxy) is 2. The lowest BCUT2D eigenvalue weighted by Gasteiger charge is -2.34. The van der Waals surface area contributed by atoms with Crippen LogP contribution in [0.2, 0.25) is 0 Å². The molecule has 3 aliphatic rings. The van der Waals surface area contributed by atoms with Crippen molar-refractivity contribution in [1.29, 1.82) is 0 Å². The van der Waals surface area contributed by atoms with Crippen LogP contribution < -0.4 is 9.47 Å². The first-order valence-electron chi connectivity index (χ1n) is 11.5. The highest BCUT2D eigenvalue weighted by molar-refractivity contribution is 8.00. The molecule has 1 amide bonds. The highest BCUT2D eigenvalue weighted by Gasteiger charge is 2.24. The number of carbonyl (C=O) groups is 1. The number of piperazine rings is 1. The zero-order valence-corrected chi connectivity index (χ0v) is 20.1. The van der Waals surface area contributed by atoms with Gasteiger partial charge in [-0.2, -0.15) is 0 Å². The van der Waals surface area contributed by atoms with Crippen molar-refractivity contribution < 1.29 is 14.3 Å². The SMILES string of the molecule is O=C(CSc1ncnc2sc3c(c12)CCCC3)N1CCN(Cc2ccc3c(c2)OCO3)CC1. The van der Waals surface area contributed by atoms with E-state index >= 15 is 0 Å². The summed E-state index contributed by atoms with van der Waals surface area (Å²) in [6, 6.07) is 6.12. The van der Waals surface area contributed by atoms with Crippen molar-refractivity contribution in [2.24, 2.45) is 0 Å². The van der Waals surface area contributed by atoms with Crippen LogP contribution in [0.5, 0.6) is 11.5 Å². The fourth-order valence-corrected chi connectivity index (χ4v) is 7.07. The molecule has 0 saturated carbocycles. The number of aryl methyl sites for hydroxylation is 2. The molecule has 2 aliphatic heterocycles. The third kappa shape index (κ3) is 4.29. The normalized spacial score (nSPS) is 18.0. The number of hydrogen-bond acceptors (Lipinski definition) is 8. The molecule has 3 aromatic rings. The fraction of sp³-hybridized carbons (Fsp3) is 0.458. The van der Waals surface area contributed by atoms with Crippen molar-refractivity contribution in [3.05, 3.63) is 40.5 Å². The molecule has 0 unspecified atom stereocenters. The molecule has 0 N–H and O–H groups in total. The van der Waals surface area contributed by atoms with E-state index in [-0.39, 0.29) is 5.91 Å². The number of rotatable bonds is 5. The van der Waals surface area contributed by atoms with E-state index in [1.165, 1.54) is 34.2 Å². The molecule has 9 heteroatoms. The van der Waals surface area contributed by atoms with Crippen molar-refractivity contribution in [3.8, 4) is 11.5 Å². The third-order valence-electron chi connectivity index (χ3n) is 6.62. The monoisotopic (exact) mass is 482 g/mol. The van der Waals surface area contributed by atoms with Gasteiger partial charge in [0.15, 0.2) is 11.5 Å². The van der Waals surface area contributed by atoms with Crippen LogP contribution in [0.25, 0.3) is 10.2 Å². The lowest BCUT2D eigenvalue weighted by Crippen LogP contribution is -2.48. The maximum Gasteiger partial charge on any atom is 0.233 e. The minimum Gasteiger partial charge on any atom is -0.454 e. The van der Waals surface area contributed by atoms with Gasteiger partial charge in [-0.25, -0.2) is 9.97 Å². The minimum atomic E-state index is 0.193. The quantitative estimate of drug-likeness (QED) is 0.405. The average Bonchev–Trinajstić information content (AvgIpc) is 3.47. The summed E-state index contributed by atoms with van der Waals surface area (Å²) in [4.78, 5) is 28.9. The molecule has 6 rings (SSSR count). The number of amides is 1. The van der Waals surface area contributed by atoms with Crippen molar-refractivity contribution in [1.82, 2.24) is 19.8 Å². The Hall–Kier alpha value is -2.36. The fourth-order valence-electron chi connectivity index (χ4n) is 4.84. The highest BCUT2D eigenvalue weighted by Crippen LogP contribution is 2.39. The van der Waals surface area contributed by atoms with Gasteiger partial charge in [0.2, 0.25) is 12.7 Å². The highest BCUT2D eigenvalue weighted by atomic mass is 32.2. The van der Waals surface area contributed by atoms with Crippen LogP contribution >= 0.6 is 23.1 Å². The van der Waals surface area contributed by atoms with Gasteiger partial charge in [0.05, 0.1) is 5.75 Å². The second-order valence-electron chi connectivity index (χ2n) is 8.70. The minimum absolute atomic E-state index is 0.193. The number of thiophene rings is 1. The predicted octanol–water partition coefficient (Wildman–Crippen LogP) is 3.74. The number of nitrogens with zero attached hydrogens (tertiary/aromatic N) is 4. The van der Waals surface area contributed by atoms with E-state index in [0.29, 0.717) is 12.5 Å². The molecule has 0 bridgehead atoms. The van der Waals surface area contributed by atoms with E-state index in [4.69, 9.17) is 9.47 Å². The molecular formula is C24H26N4O3S2. The molecule has 1 aromatic carbocycles. The summed E-state index contributed by atoms with van der Waals surface area (Å²) >= 11 is 3.37. The van der Waals surface area contributed by atoms with Crippen LogP contribution in [0.1, 0.15) is 28.8 Å². The Morgan fingerprint density at radius 2 is 1.91 bits per heavy atom. The van der Waals surface area contributed by atoms with Gasteiger partial charge < -0.3 is 14.4 Å². The molecular weight excluding hydrogens is 456 g/mol. The van der Waals surface area contributed by atoms with E-state index < -0.39 is 0 Å². The zero-order valence-electron chi connectivity index (χ0n) is 18.4. The lowest BCUT2D eigenvalue weighted by molar-refractivity contribution is -0.130. The second-order valence-corrected chi connectivity index (χ2v) is 10.8. The maximum atomic E-state index is 12.9. The predicted molar refractivity (Wildman–Crippen MR) is 129 cm³/mol. The van der Waals surface area contributed by atoms with Crippen LogP contribution in [-0.4, -0.2) is 64.4 Å². The topological polar surface area (TPSA) is 67.8 Å². The van der Waals surface area contributed by atoms with E-state index in [2.05, 4.69) is 27.0 Å². The Kier molecular flexibility index (Phi) is 5.85. The van der Waals surface area contributed by atoms with Crippen molar-refractivity contribution in [3.63, 3.8) is 0 Å².